The summed E-state index contributed by atoms with van der Waals surface area (Å²) in [6.45, 7) is 44.2. The summed E-state index contributed by atoms with van der Waals surface area (Å²) in [5.41, 5.74) is 18.2. The minimum atomic E-state index is -0.553. The molecule has 12 aromatic rings. The third-order valence-electron chi connectivity index (χ3n) is 28.2. The zero-order valence-corrected chi connectivity index (χ0v) is 66.7. The molecule has 8 aliphatic heterocycles. The van der Waals surface area contributed by atoms with E-state index in [1.165, 1.54) is 45.0 Å². The number of hydrogen-bond donors (Lipinski definition) is 0. The first kappa shape index (κ1) is 69.1. The molecular weight excluding hydrogens is 1370 g/mol. The zero-order valence-electron chi connectivity index (χ0n) is 66.7. The smallest absolute Gasteiger partial charge is 0.345 e. The van der Waals surface area contributed by atoms with Crippen molar-refractivity contribution in [2.45, 2.75) is 205 Å². The van der Waals surface area contributed by atoms with E-state index >= 15 is 14.4 Å². The normalized spacial score (nSPS) is 20.3. The van der Waals surface area contributed by atoms with E-state index in [1.54, 1.807) is 0 Å². The van der Waals surface area contributed by atoms with Gasteiger partial charge in [0.1, 0.15) is 22.3 Å². The molecule has 0 fully saturated rings. The van der Waals surface area contributed by atoms with E-state index in [1.807, 2.05) is 60.7 Å². The Morgan fingerprint density at radius 3 is 0.827 bits per heavy atom. The quantitative estimate of drug-likeness (QED) is 0.145. The van der Waals surface area contributed by atoms with Crippen molar-refractivity contribution in [1.82, 2.24) is 9.97 Å². The summed E-state index contributed by atoms with van der Waals surface area (Å²) in [4.78, 5) is 82.2. The minimum absolute atomic E-state index is 0.0708. The second kappa shape index (κ2) is 22.8. The Hall–Kier alpha value is -10.1. The number of fused-ring (bicyclic) bond motifs is 9. The third-order valence-corrected chi connectivity index (χ3v) is 28.2. The summed E-state index contributed by atoms with van der Waals surface area (Å²) in [5.74, 6) is 0. The lowest BCUT2D eigenvalue weighted by molar-refractivity contribution is 0.398. The van der Waals surface area contributed by atoms with Crippen LogP contribution in [-0.2, 0) is 43.3 Å². The number of nitrogens with zero attached hydrogens (tertiary/aromatic N) is 6. The van der Waals surface area contributed by atoms with Crippen LogP contribution in [0, 0.1) is 0 Å². The standard InChI is InChI=1S/C96H98N6O8/c1-89(2)21-29-99-33-25-93(9,10)73-77(99)65(89)43-57-39-61(85(103)107-81(57)73)52-19-17-51-18-20-53(38-54(51)37-52)69-47-55(48-70(97-69)62-40-58-44-66-78-74(82(58)108-86(62)104)94(11,12)26-34-100(78)30-22-90(66,3)4)56-49-71(63-41-59-45-67-79-75(83(59)109-87(63)105)95(13,14)27-35-101(79)31-23-91(67,5)6)98-72(50-56)64-42-60-46-68-80-76(84(60)110-88(64)106)96(15,16)28-36-102(80)32-24-92(68,7)8/h17-20,37-50H,21-36H2,1-16H3. The maximum Gasteiger partial charge on any atom is 0.345 e. The molecule has 0 amide bonds. The van der Waals surface area contributed by atoms with Gasteiger partial charge in [-0.1, -0.05) is 135 Å². The van der Waals surface area contributed by atoms with Gasteiger partial charge in [0, 0.05) is 124 Å². The molecule has 0 atom stereocenters. The highest BCUT2D eigenvalue weighted by molar-refractivity contribution is 5.99. The minimum Gasteiger partial charge on any atom is -0.422 e. The van der Waals surface area contributed by atoms with Gasteiger partial charge in [-0.2, -0.15) is 0 Å². The fourth-order valence-corrected chi connectivity index (χ4v) is 20.9. The van der Waals surface area contributed by atoms with Gasteiger partial charge in [-0.25, -0.2) is 29.1 Å². The van der Waals surface area contributed by atoms with Crippen LogP contribution in [0.1, 0.15) is 207 Å². The molecule has 14 heteroatoms. The van der Waals surface area contributed by atoms with Gasteiger partial charge in [-0.3, -0.25) is 0 Å². The van der Waals surface area contributed by atoms with E-state index in [-0.39, 0.29) is 60.0 Å². The molecule has 0 N–H and O–H groups in total. The zero-order chi connectivity index (χ0) is 76.5. The van der Waals surface area contributed by atoms with Gasteiger partial charge in [0.2, 0.25) is 0 Å². The lowest BCUT2D eigenvalue weighted by Gasteiger charge is -2.48. The van der Waals surface area contributed by atoms with Gasteiger partial charge >= 0.3 is 22.5 Å². The Bertz CT molecular complexity index is 6230. The molecule has 14 nitrogen and oxygen atoms in total. The molecule has 0 aliphatic carbocycles. The van der Waals surface area contributed by atoms with Crippen LogP contribution >= 0.6 is 0 Å². The van der Waals surface area contributed by atoms with E-state index < -0.39 is 22.5 Å². The average molecular weight is 1460 g/mol. The van der Waals surface area contributed by atoms with Gasteiger partial charge < -0.3 is 37.3 Å². The summed E-state index contributed by atoms with van der Waals surface area (Å²) in [6, 6.07) is 37.0. The van der Waals surface area contributed by atoms with Gasteiger partial charge in [0.25, 0.3) is 0 Å². The van der Waals surface area contributed by atoms with Crippen molar-refractivity contribution in [2.24, 2.45) is 0 Å². The summed E-state index contributed by atoms with van der Waals surface area (Å²) < 4.78 is 26.9. The topological polar surface area (TPSA) is 160 Å². The Morgan fingerprint density at radius 2 is 0.509 bits per heavy atom. The first-order valence-electron chi connectivity index (χ1n) is 40.3. The van der Waals surface area contributed by atoms with E-state index in [0.29, 0.717) is 61.8 Å². The molecule has 560 valence electrons. The van der Waals surface area contributed by atoms with Crippen LogP contribution in [-0.4, -0.2) is 62.3 Å². The maximum absolute atomic E-state index is 15.5. The molecule has 0 bridgehead atoms. The van der Waals surface area contributed by atoms with Gasteiger partial charge in [-0.05, 0) is 229 Å². The first-order valence-corrected chi connectivity index (χ1v) is 40.3. The van der Waals surface area contributed by atoms with Crippen molar-refractivity contribution in [3.63, 3.8) is 0 Å². The van der Waals surface area contributed by atoms with Crippen LogP contribution in [0.25, 0.3) is 122 Å². The predicted molar refractivity (Wildman–Crippen MR) is 446 cm³/mol. The van der Waals surface area contributed by atoms with Crippen LogP contribution in [0.2, 0.25) is 0 Å². The van der Waals surface area contributed by atoms with Crippen molar-refractivity contribution in [3.8, 4) is 67.3 Å². The van der Waals surface area contributed by atoms with Crippen molar-refractivity contribution >= 4 is 77.4 Å². The van der Waals surface area contributed by atoms with Gasteiger partial charge in [0.05, 0.1) is 45.0 Å². The molecule has 6 aromatic carbocycles. The fraction of sp³-hybridized carbons (Fsp3) is 0.417. The second-order valence-electron chi connectivity index (χ2n) is 39.1. The lowest BCUT2D eigenvalue weighted by Crippen LogP contribution is -2.44. The molecule has 0 saturated heterocycles. The monoisotopic (exact) mass is 1460 g/mol. The molecule has 110 heavy (non-hydrogen) atoms. The molecular formula is C96H98N6O8. The number of hydrogen-bond acceptors (Lipinski definition) is 14. The first-order chi connectivity index (χ1) is 52.0. The molecule has 0 saturated carbocycles. The number of anilines is 4. The van der Waals surface area contributed by atoms with Crippen molar-refractivity contribution in [2.75, 3.05) is 72.0 Å². The Morgan fingerprint density at radius 1 is 0.255 bits per heavy atom. The number of rotatable bonds is 6. The number of pyridine rings is 2. The van der Waals surface area contributed by atoms with Crippen LogP contribution < -0.4 is 42.1 Å². The second-order valence-corrected chi connectivity index (χ2v) is 39.1. The SMILES string of the molecule is CC1(C)CCN2CCC(C)(C)c3c2c1cc1cc(-c2ccc4ccc(-c5cc(-c6cc(-c7cc8cc9c%10c(c8oc7=O)C(C)(C)CCN%10CCC9(C)C)nc(-c7cc8cc9c%10c(c8oc7=O)C(C)(C)CCN%10CCC9(C)C)c6)cc(-c6cc7cc8c9c(c7oc6=O)C(C)(C)CCN9CCC8(C)C)n5)cc4c2)c(=O)oc31. The largest absolute Gasteiger partial charge is 0.422 e. The molecule has 0 unspecified atom stereocenters. The molecule has 0 radical (unpaired) electrons. The molecule has 14 heterocycles. The van der Waals surface area contributed by atoms with Crippen molar-refractivity contribution in [3.05, 3.63) is 195 Å². The Balaban J connectivity index is 0.821. The van der Waals surface area contributed by atoms with Gasteiger partial charge in [0.15, 0.2) is 0 Å². The summed E-state index contributed by atoms with van der Waals surface area (Å²) >= 11 is 0. The third kappa shape index (κ3) is 10.2. The molecule has 6 aromatic heterocycles. The van der Waals surface area contributed by atoms with E-state index in [4.69, 9.17) is 27.6 Å². The van der Waals surface area contributed by atoms with E-state index in [9.17, 15) is 4.79 Å². The van der Waals surface area contributed by atoms with E-state index in [0.717, 1.165) is 169 Å². The molecule has 0 spiro atoms. The summed E-state index contributed by atoms with van der Waals surface area (Å²) in [6.07, 6.45) is 7.65. The van der Waals surface area contributed by atoms with Gasteiger partial charge in [-0.15, -0.1) is 0 Å². The fourth-order valence-electron chi connectivity index (χ4n) is 20.9. The van der Waals surface area contributed by atoms with E-state index in [2.05, 4.69) is 179 Å². The van der Waals surface area contributed by atoms with Crippen molar-refractivity contribution < 1.29 is 17.7 Å². The lowest BCUT2D eigenvalue weighted by atomic mass is 9.69. The number of benzene rings is 6. The summed E-state index contributed by atoms with van der Waals surface area (Å²) in [7, 11) is 0. The molecule has 8 aliphatic rings. The average Bonchev–Trinajstić information content (AvgIpc) is 0.725. The van der Waals surface area contributed by atoms with Crippen LogP contribution in [0.3, 0.4) is 0 Å². The van der Waals surface area contributed by atoms with Crippen LogP contribution in [0.5, 0.6) is 0 Å². The maximum atomic E-state index is 15.5. The predicted octanol–water partition coefficient (Wildman–Crippen LogP) is 20.7. The van der Waals surface area contributed by atoms with Crippen LogP contribution in [0.4, 0.5) is 22.7 Å². The highest BCUT2D eigenvalue weighted by atomic mass is 16.4. The Labute approximate surface area is 641 Å². The highest BCUT2D eigenvalue weighted by Gasteiger charge is 2.48. The highest BCUT2D eigenvalue weighted by Crippen LogP contribution is 2.58. The van der Waals surface area contributed by atoms with Crippen molar-refractivity contribution in [1.29, 1.82) is 0 Å². The molecule has 20 rings (SSSR count). The summed E-state index contributed by atoms with van der Waals surface area (Å²) in [5, 5.41) is 5.15. The number of aromatic nitrogens is 2. The Kier molecular flexibility index (Phi) is 14.3. The van der Waals surface area contributed by atoms with Crippen LogP contribution in [0.15, 0.2) is 146 Å².